The third-order valence-electron chi connectivity index (χ3n) is 3.61. The Labute approximate surface area is 109 Å². The number of nitrogens with one attached hydrogen (secondary N) is 1. The molecule has 0 aromatic heterocycles. The van der Waals surface area contributed by atoms with Gasteiger partial charge in [-0.15, -0.1) is 0 Å². The monoisotopic (exact) mass is 272 g/mol. The zero-order chi connectivity index (χ0) is 14.0. The van der Waals surface area contributed by atoms with Crippen molar-refractivity contribution < 1.29 is 18.0 Å². The maximum atomic E-state index is 13.5. The van der Waals surface area contributed by atoms with Gasteiger partial charge < -0.3 is 11.1 Å². The summed E-state index contributed by atoms with van der Waals surface area (Å²) in [7, 11) is 0. The fraction of sp³-hybridized carbons (Fsp3) is 0.462. The zero-order valence-electron chi connectivity index (χ0n) is 10.3. The van der Waals surface area contributed by atoms with Gasteiger partial charge in [-0.1, -0.05) is 12.8 Å². The summed E-state index contributed by atoms with van der Waals surface area (Å²) in [5.74, 6) is -5.18. The first-order chi connectivity index (χ1) is 8.99. The van der Waals surface area contributed by atoms with Crippen LogP contribution in [0.5, 0.6) is 0 Å². The van der Waals surface area contributed by atoms with Crippen LogP contribution in [0.1, 0.15) is 36.0 Å². The van der Waals surface area contributed by atoms with Crippen LogP contribution in [0.15, 0.2) is 12.1 Å². The summed E-state index contributed by atoms with van der Waals surface area (Å²) < 4.78 is 39.4. The van der Waals surface area contributed by atoms with Crippen molar-refractivity contribution >= 4 is 5.91 Å². The molecule has 1 amide bonds. The van der Waals surface area contributed by atoms with E-state index >= 15 is 0 Å². The number of hydrogen-bond acceptors (Lipinski definition) is 2. The standard InChI is InChI=1S/C13H15F3N2O/c14-9-4-3-8(10(15)11(9)16)12(19)18-13(7-17)5-1-2-6-13/h3-4H,1-2,5-7,17H2,(H,18,19). The van der Waals surface area contributed by atoms with Crippen molar-refractivity contribution in [1.29, 1.82) is 0 Å². The van der Waals surface area contributed by atoms with Crippen molar-refractivity contribution in [1.82, 2.24) is 5.32 Å². The quantitative estimate of drug-likeness (QED) is 0.828. The Morgan fingerprint density at radius 1 is 1.21 bits per heavy atom. The molecular weight excluding hydrogens is 257 g/mol. The topological polar surface area (TPSA) is 55.1 Å². The van der Waals surface area contributed by atoms with E-state index < -0.39 is 34.5 Å². The molecule has 6 heteroatoms. The fourth-order valence-electron chi connectivity index (χ4n) is 2.44. The number of nitrogens with two attached hydrogens (primary N) is 1. The fourth-order valence-corrected chi connectivity index (χ4v) is 2.44. The van der Waals surface area contributed by atoms with Crippen molar-refractivity contribution in [3.8, 4) is 0 Å². The number of hydrogen-bond donors (Lipinski definition) is 2. The van der Waals surface area contributed by atoms with Gasteiger partial charge in [-0.25, -0.2) is 13.2 Å². The Balaban J connectivity index is 2.23. The molecular formula is C13H15F3N2O. The van der Waals surface area contributed by atoms with Crippen LogP contribution < -0.4 is 11.1 Å². The van der Waals surface area contributed by atoms with Gasteiger partial charge in [-0.3, -0.25) is 4.79 Å². The van der Waals surface area contributed by atoms with E-state index in [0.717, 1.165) is 25.0 Å². The molecule has 3 nitrogen and oxygen atoms in total. The highest BCUT2D eigenvalue weighted by molar-refractivity contribution is 5.95. The molecule has 0 saturated heterocycles. The molecule has 0 aliphatic heterocycles. The molecule has 0 radical (unpaired) electrons. The first kappa shape index (κ1) is 13.9. The molecule has 1 aliphatic rings. The van der Waals surface area contributed by atoms with Crippen LogP contribution in [0.4, 0.5) is 13.2 Å². The Bertz CT molecular complexity index is 499. The second kappa shape index (κ2) is 5.21. The van der Waals surface area contributed by atoms with Gasteiger partial charge in [0, 0.05) is 6.54 Å². The molecule has 3 N–H and O–H groups in total. The number of benzene rings is 1. The third kappa shape index (κ3) is 2.58. The lowest BCUT2D eigenvalue weighted by atomic mass is 9.97. The third-order valence-corrected chi connectivity index (χ3v) is 3.61. The van der Waals surface area contributed by atoms with Gasteiger partial charge in [0.25, 0.3) is 5.91 Å². The Kier molecular flexibility index (Phi) is 3.80. The Hall–Kier alpha value is -1.56. The van der Waals surface area contributed by atoms with E-state index in [0.29, 0.717) is 12.8 Å². The highest BCUT2D eigenvalue weighted by Crippen LogP contribution is 2.29. The summed E-state index contributed by atoms with van der Waals surface area (Å²) in [4.78, 5) is 12.0. The molecule has 0 atom stereocenters. The minimum atomic E-state index is -1.64. The van der Waals surface area contributed by atoms with Gasteiger partial charge in [0.2, 0.25) is 0 Å². The average molecular weight is 272 g/mol. The number of carbonyl (C=O) groups is 1. The van der Waals surface area contributed by atoms with Crippen LogP contribution in [-0.4, -0.2) is 18.0 Å². The second-order valence-corrected chi connectivity index (χ2v) is 4.87. The first-order valence-corrected chi connectivity index (χ1v) is 6.15. The van der Waals surface area contributed by atoms with Gasteiger partial charge >= 0.3 is 0 Å². The lowest BCUT2D eigenvalue weighted by Gasteiger charge is -2.28. The molecule has 0 heterocycles. The molecule has 0 bridgehead atoms. The maximum Gasteiger partial charge on any atom is 0.254 e. The molecule has 2 rings (SSSR count). The van der Waals surface area contributed by atoms with E-state index in [1.807, 2.05) is 0 Å². The van der Waals surface area contributed by atoms with E-state index in [2.05, 4.69) is 5.32 Å². The van der Waals surface area contributed by atoms with Crippen LogP contribution >= 0.6 is 0 Å². The number of rotatable bonds is 3. The highest BCUT2D eigenvalue weighted by atomic mass is 19.2. The van der Waals surface area contributed by atoms with E-state index in [1.165, 1.54) is 0 Å². The first-order valence-electron chi connectivity index (χ1n) is 6.15. The van der Waals surface area contributed by atoms with Gasteiger partial charge in [-0.2, -0.15) is 0 Å². The summed E-state index contributed by atoms with van der Waals surface area (Å²) in [5.41, 5.74) is 4.58. The number of carbonyl (C=O) groups excluding carboxylic acids is 1. The maximum absolute atomic E-state index is 13.5. The van der Waals surface area contributed by atoms with Crippen LogP contribution in [0.2, 0.25) is 0 Å². The Morgan fingerprint density at radius 3 is 2.42 bits per heavy atom. The lowest BCUT2D eigenvalue weighted by molar-refractivity contribution is 0.0897. The molecule has 1 aromatic rings. The molecule has 1 aromatic carbocycles. The highest BCUT2D eigenvalue weighted by Gasteiger charge is 2.35. The molecule has 1 aliphatic carbocycles. The summed E-state index contributed by atoms with van der Waals surface area (Å²) >= 11 is 0. The smallest absolute Gasteiger partial charge is 0.254 e. The van der Waals surface area contributed by atoms with Crippen molar-refractivity contribution in [2.75, 3.05) is 6.54 Å². The molecule has 104 valence electrons. The molecule has 1 fully saturated rings. The van der Waals surface area contributed by atoms with Gasteiger partial charge in [-0.05, 0) is 25.0 Å². The van der Waals surface area contributed by atoms with Crippen LogP contribution in [0.3, 0.4) is 0 Å². The predicted octanol–water partition coefficient (Wildman–Crippen LogP) is 2.11. The summed E-state index contributed by atoms with van der Waals surface area (Å²) in [6.07, 6.45) is 3.27. The van der Waals surface area contributed by atoms with Crippen LogP contribution in [0.25, 0.3) is 0 Å². The van der Waals surface area contributed by atoms with Crippen LogP contribution in [0, 0.1) is 17.5 Å². The molecule has 0 unspecified atom stereocenters. The number of halogens is 3. The summed E-state index contributed by atoms with van der Waals surface area (Å²) in [6, 6.07) is 1.67. The average Bonchev–Trinajstić information content (AvgIpc) is 2.85. The summed E-state index contributed by atoms with van der Waals surface area (Å²) in [5, 5.41) is 2.65. The van der Waals surface area contributed by atoms with Gasteiger partial charge in [0.05, 0.1) is 11.1 Å². The normalized spacial score (nSPS) is 17.5. The zero-order valence-corrected chi connectivity index (χ0v) is 10.3. The van der Waals surface area contributed by atoms with Crippen molar-refractivity contribution in [2.24, 2.45) is 5.73 Å². The van der Waals surface area contributed by atoms with Crippen molar-refractivity contribution in [3.63, 3.8) is 0 Å². The Morgan fingerprint density at radius 2 is 1.84 bits per heavy atom. The van der Waals surface area contributed by atoms with Crippen LogP contribution in [-0.2, 0) is 0 Å². The SMILES string of the molecule is NCC1(NC(=O)c2ccc(F)c(F)c2F)CCCC1. The minimum absolute atomic E-state index is 0.240. The largest absolute Gasteiger partial charge is 0.345 e. The van der Waals surface area contributed by atoms with E-state index in [-0.39, 0.29) is 6.54 Å². The second-order valence-electron chi connectivity index (χ2n) is 4.87. The predicted molar refractivity (Wildman–Crippen MR) is 64.0 cm³/mol. The molecule has 19 heavy (non-hydrogen) atoms. The molecule has 1 saturated carbocycles. The van der Waals surface area contributed by atoms with Gasteiger partial charge in [0.1, 0.15) is 0 Å². The lowest BCUT2D eigenvalue weighted by Crippen LogP contribution is -2.51. The van der Waals surface area contributed by atoms with E-state index in [4.69, 9.17) is 5.73 Å². The van der Waals surface area contributed by atoms with Crippen molar-refractivity contribution in [2.45, 2.75) is 31.2 Å². The van der Waals surface area contributed by atoms with Crippen molar-refractivity contribution in [3.05, 3.63) is 35.1 Å². The minimum Gasteiger partial charge on any atom is -0.345 e. The summed E-state index contributed by atoms with van der Waals surface area (Å²) in [6.45, 7) is 0.240. The molecule has 0 spiro atoms. The van der Waals surface area contributed by atoms with E-state index in [9.17, 15) is 18.0 Å². The number of amides is 1. The van der Waals surface area contributed by atoms with Gasteiger partial charge in [0.15, 0.2) is 17.5 Å². The van der Waals surface area contributed by atoms with E-state index in [1.54, 1.807) is 0 Å².